The van der Waals surface area contributed by atoms with Crippen LogP contribution in [0.1, 0.15) is 27.6 Å². The normalized spacial score (nSPS) is 14.6. The molecule has 0 atom stereocenters. The third kappa shape index (κ3) is 3.08. The van der Waals surface area contributed by atoms with Gasteiger partial charge in [-0.1, -0.05) is 18.2 Å². The van der Waals surface area contributed by atoms with Gasteiger partial charge in [0.05, 0.1) is 12.1 Å². The van der Waals surface area contributed by atoms with Gasteiger partial charge in [-0.15, -0.1) is 0 Å². The number of urea groups is 1. The van der Waals surface area contributed by atoms with Gasteiger partial charge in [-0.05, 0) is 13.0 Å². The Labute approximate surface area is 152 Å². The molecule has 2 aromatic rings. The number of anilines is 1. The number of benzene rings is 1. The number of ketones is 1. The average Bonchev–Trinajstić information content (AvgIpc) is 2.59. The molecule has 0 aliphatic carbocycles. The van der Waals surface area contributed by atoms with Crippen LogP contribution in [-0.2, 0) is 14.3 Å². The number of amides is 4. The van der Waals surface area contributed by atoms with Crippen LogP contribution in [0.25, 0.3) is 10.9 Å². The van der Waals surface area contributed by atoms with E-state index in [1.54, 1.807) is 25.1 Å². The summed E-state index contributed by atoms with van der Waals surface area (Å²) in [4.78, 5) is 65.0. The van der Waals surface area contributed by atoms with Crippen LogP contribution in [0, 0.1) is 5.92 Å². The van der Waals surface area contributed by atoms with Crippen molar-refractivity contribution in [2.75, 3.05) is 12.3 Å². The number of nitrogens with zero attached hydrogens (tertiary/aromatic N) is 1. The van der Waals surface area contributed by atoms with E-state index < -0.39 is 35.5 Å². The Balaban J connectivity index is 2.25. The quantitative estimate of drug-likeness (QED) is 0.390. The highest BCUT2D eigenvalue weighted by atomic mass is 16.5. The van der Waals surface area contributed by atoms with Crippen molar-refractivity contribution in [2.24, 2.45) is 5.92 Å². The third-order valence-corrected chi connectivity index (χ3v) is 3.91. The Hall–Kier alpha value is -3.82. The second kappa shape index (κ2) is 6.83. The predicted octanol–water partition coefficient (Wildman–Crippen LogP) is 0.159. The van der Waals surface area contributed by atoms with E-state index in [0.717, 1.165) is 0 Å². The first kappa shape index (κ1) is 18.0. The highest BCUT2D eigenvalue weighted by Crippen LogP contribution is 2.29. The number of Topliss-reactive ketones (excluding diaryl/α,β-unsaturated/α-hetero) is 1. The van der Waals surface area contributed by atoms with Gasteiger partial charge < -0.3 is 10.5 Å². The summed E-state index contributed by atoms with van der Waals surface area (Å²) in [5, 5.41) is 3.93. The standard InChI is InChI=1S/C17H14N4O6/c1-2-27-16(25)10-9(7-5-3-4-6-8(7)19-13(10)18)12(22)11-14(23)20-17(26)21-15(11)24/h3-6,11H,2H2,1H3,(H2,18,19)(H2,20,21,23,24,26). The van der Waals surface area contributed by atoms with Gasteiger partial charge in [0.25, 0.3) is 0 Å². The van der Waals surface area contributed by atoms with E-state index in [1.807, 2.05) is 10.6 Å². The van der Waals surface area contributed by atoms with Crippen LogP contribution in [0.15, 0.2) is 24.3 Å². The van der Waals surface area contributed by atoms with E-state index in [9.17, 15) is 24.0 Å². The number of imide groups is 2. The molecule has 1 aliphatic rings. The van der Waals surface area contributed by atoms with Crippen molar-refractivity contribution < 1.29 is 28.7 Å². The lowest BCUT2D eigenvalue weighted by molar-refractivity contribution is -0.133. The number of barbiturate groups is 1. The van der Waals surface area contributed by atoms with E-state index in [4.69, 9.17) is 10.5 Å². The summed E-state index contributed by atoms with van der Waals surface area (Å²) < 4.78 is 4.94. The molecular formula is C17H14N4O6. The van der Waals surface area contributed by atoms with Crippen molar-refractivity contribution in [3.63, 3.8) is 0 Å². The number of ether oxygens (including phenoxy) is 1. The largest absolute Gasteiger partial charge is 0.462 e. The smallest absolute Gasteiger partial charge is 0.342 e. The van der Waals surface area contributed by atoms with Crippen LogP contribution in [0.2, 0.25) is 0 Å². The monoisotopic (exact) mass is 370 g/mol. The molecule has 10 heteroatoms. The maximum absolute atomic E-state index is 13.1. The minimum Gasteiger partial charge on any atom is -0.462 e. The number of pyridine rings is 1. The van der Waals surface area contributed by atoms with E-state index in [-0.39, 0.29) is 28.9 Å². The molecule has 4 N–H and O–H groups in total. The number of aromatic nitrogens is 1. The Morgan fingerprint density at radius 3 is 2.37 bits per heavy atom. The van der Waals surface area contributed by atoms with Gasteiger partial charge in [-0.25, -0.2) is 14.6 Å². The number of hydrogen-bond donors (Lipinski definition) is 3. The predicted molar refractivity (Wildman–Crippen MR) is 91.6 cm³/mol. The highest BCUT2D eigenvalue weighted by Gasteiger charge is 2.42. The SMILES string of the molecule is CCOC(=O)c1c(N)nc2ccccc2c1C(=O)C1C(=O)NC(=O)NC1=O. The van der Waals surface area contributed by atoms with Crippen molar-refractivity contribution in [2.45, 2.75) is 6.92 Å². The molecule has 0 unspecified atom stereocenters. The fraction of sp³-hybridized carbons (Fsp3) is 0.176. The van der Waals surface area contributed by atoms with Crippen LogP contribution >= 0.6 is 0 Å². The van der Waals surface area contributed by atoms with Crippen LogP contribution in [0.3, 0.4) is 0 Å². The first-order chi connectivity index (χ1) is 12.8. The summed E-state index contributed by atoms with van der Waals surface area (Å²) in [5.41, 5.74) is 5.55. The molecule has 1 aromatic heterocycles. The second-order valence-corrected chi connectivity index (χ2v) is 5.59. The number of carbonyl (C=O) groups excluding carboxylic acids is 5. The number of para-hydroxylation sites is 1. The number of nitrogen functional groups attached to an aromatic ring is 1. The van der Waals surface area contributed by atoms with Gasteiger partial charge in [-0.2, -0.15) is 0 Å². The number of nitrogens with one attached hydrogen (secondary N) is 2. The van der Waals surface area contributed by atoms with Crippen LogP contribution in [0.4, 0.5) is 10.6 Å². The number of fused-ring (bicyclic) bond motifs is 1. The lowest BCUT2D eigenvalue weighted by Crippen LogP contribution is -2.58. The summed E-state index contributed by atoms with van der Waals surface area (Å²) in [6, 6.07) is 5.27. The van der Waals surface area contributed by atoms with Gasteiger partial charge in [0.15, 0.2) is 11.7 Å². The molecule has 0 spiro atoms. The van der Waals surface area contributed by atoms with E-state index in [1.165, 1.54) is 6.07 Å². The van der Waals surface area contributed by atoms with Crippen molar-refractivity contribution in [1.29, 1.82) is 0 Å². The maximum Gasteiger partial charge on any atom is 0.342 e. The molecule has 3 rings (SSSR count). The molecular weight excluding hydrogens is 356 g/mol. The number of hydrogen-bond acceptors (Lipinski definition) is 8. The molecule has 1 saturated heterocycles. The molecule has 0 bridgehead atoms. The number of nitrogens with two attached hydrogens (primary N) is 1. The molecule has 1 fully saturated rings. The van der Waals surface area contributed by atoms with Crippen molar-refractivity contribution in [3.8, 4) is 0 Å². The molecule has 27 heavy (non-hydrogen) atoms. The first-order valence-electron chi connectivity index (χ1n) is 7.90. The Morgan fingerprint density at radius 1 is 1.11 bits per heavy atom. The zero-order valence-corrected chi connectivity index (χ0v) is 14.1. The van der Waals surface area contributed by atoms with Crippen molar-refractivity contribution in [3.05, 3.63) is 35.4 Å². The van der Waals surface area contributed by atoms with E-state index >= 15 is 0 Å². The average molecular weight is 370 g/mol. The zero-order valence-electron chi connectivity index (χ0n) is 14.1. The molecule has 1 aliphatic heterocycles. The Bertz CT molecular complexity index is 996. The van der Waals surface area contributed by atoms with Gasteiger partial charge >= 0.3 is 12.0 Å². The molecule has 0 saturated carbocycles. The van der Waals surface area contributed by atoms with Crippen LogP contribution in [0.5, 0.6) is 0 Å². The molecule has 2 heterocycles. The number of rotatable bonds is 4. The minimum atomic E-state index is -1.86. The topological polar surface area (TPSA) is 158 Å². The van der Waals surface area contributed by atoms with Gasteiger partial charge in [0.2, 0.25) is 11.8 Å². The first-order valence-corrected chi connectivity index (χ1v) is 7.90. The summed E-state index contributed by atoms with van der Waals surface area (Å²) in [6.07, 6.45) is 0. The van der Waals surface area contributed by atoms with Gasteiger partial charge in [0, 0.05) is 10.9 Å². The zero-order chi connectivity index (χ0) is 19.7. The lowest BCUT2D eigenvalue weighted by Gasteiger charge is -2.21. The van der Waals surface area contributed by atoms with Crippen molar-refractivity contribution in [1.82, 2.24) is 15.6 Å². The summed E-state index contributed by atoms with van der Waals surface area (Å²) in [7, 11) is 0. The number of carbonyl (C=O) groups is 5. The molecule has 4 amide bonds. The lowest BCUT2D eigenvalue weighted by atomic mass is 9.89. The second-order valence-electron chi connectivity index (χ2n) is 5.59. The molecule has 138 valence electrons. The Kier molecular flexibility index (Phi) is 4.55. The van der Waals surface area contributed by atoms with Crippen LogP contribution in [-0.4, -0.2) is 41.2 Å². The maximum atomic E-state index is 13.1. The van der Waals surface area contributed by atoms with Gasteiger partial charge in [-0.3, -0.25) is 25.0 Å². The summed E-state index contributed by atoms with van der Waals surface area (Å²) in [6.45, 7) is 1.58. The summed E-state index contributed by atoms with van der Waals surface area (Å²) >= 11 is 0. The Morgan fingerprint density at radius 2 is 1.74 bits per heavy atom. The molecule has 1 aromatic carbocycles. The van der Waals surface area contributed by atoms with Crippen molar-refractivity contribution >= 4 is 46.3 Å². The third-order valence-electron chi connectivity index (χ3n) is 3.91. The highest BCUT2D eigenvalue weighted by molar-refractivity contribution is 6.33. The fourth-order valence-corrected chi connectivity index (χ4v) is 2.80. The number of esters is 1. The fourth-order valence-electron chi connectivity index (χ4n) is 2.80. The van der Waals surface area contributed by atoms with Crippen LogP contribution < -0.4 is 16.4 Å². The van der Waals surface area contributed by atoms with E-state index in [0.29, 0.717) is 5.52 Å². The summed E-state index contributed by atoms with van der Waals surface area (Å²) in [5.74, 6) is -6.23. The minimum absolute atomic E-state index is 0.0115. The van der Waals surface area contributed by atoms with Gasteiger partial charge in [0.1, 0.15) is 11.4 Å². The molecule has 0 radical (unpaired) electrons. The van der Waals surface area contributed by atoms with E-state index in [2.05, 4.69) is 4.98 Å². The molecule has 10 nitrogen and oxygen atoms in total.